The van der Waals surface area contributed by atoms with Gasteiger partial charge in [0.05, 0.1) is 0 Å². The molecule has 3 heteroatoms. The van der Waals surface area contributed by atoms with E-state index < -0.39 is 0 Å². The van der Waals surface area contributed by atoms with Crippen LogP contribution >= 0.6 is 27.3 Å². The SMILES string of the molecule is Brc1ccc2sc3c(-c4ccc(N(c5ccccc5)c5ccccc5)cc4)cccc3c2c1. The summed E-state index contributed by atoms with van der Waals surface area (Å²) in [6, 6.07) is 43.1. The predicted octanol–water partition coefficient (Wildman–Crippen LogP) is 9.95. The van der Waals surface area contributed by atoms with E-state index >= 15 is 0 Å². The lowest BCUT2D eigenvalue weighted by molar-refractivity contribution is 1.28. The topological polar surface area (TPSA) is 3.24 Å². The van der Waals surface area contributed by atoms with Gasteiger partial charge in [0.15, 0.2) is 0 Å². The van der Waals surface area contributed by atoms with Crippen LogP contribution in [0.1, 0.15) is 0 Å². The Balaban J connectivity index is 1.46. The smallest absolute Gasteiger partial charge is 0.0462 e. The number of thiophene rings is 1. The molecule has 1 nitrogen and oxygen atoms in total. The third kappa shape index (κ3) is 3.74. The fraction of sp³-hybridized carbons (Fsp3) is 0. The molecule has 0 amide bonds. The second-order valence-electron chi connectivity index (χ2n) is 7.98. The van der Waals surface area contributed by atoms with Gasteiger partial charge in [-0.1, -0.05) is 82.7 Å². The van der Waals surface area contributed by atoms with E-state index in [4.69, 9.17) is 0 Å². The summed E-state index contributed by atoms with van der Waals surface area (Å²) in [5.74, 6) is 0. The molecular weight excluding hydrogens is 486 g/mol. The standard InChI is InChI=1S/C30H20BrNS/c31-22-16-19-29-28(20-22)27-13-7-12-26(30(27)33-29)21-14-17-25(18-15-21)32(23-8-3-1-4-9-23)24-10-5-2-6-11-24/h1-20H. The van der Waals surface area contributed by atoms with Gasteiger partial charge in [-0.15, -0.1) is 11.3 Å². The van der Waals surface area contributed by atoms with Crippen LogP contribution in [0, 0.1) is 0 Å². The molecule has 0 fully saturated rings. The van der Waals surface area contributed by atoms with Crippen molar-refractivity contribution < 1.29 is 0 Å². The summed E-state index contributed by atoms with van der Waals surface area (Å²) < 4.78 is 3.77. The van der Waals surface area contributed by atoms with Crippen LogP contribution in [0.3, 0.4) is 0 Å². The van der Waals surface area contributed by atoms with Gasteiger partial charge in [-0.05, 0) is 65.7 Å². The van der Waals surface area contributed by atoms with Gasteiger partial charge in [-0.25, -0.2) is 0 Å². The number of rotatable bonds is 4. The Labute approximate surface area is 205 Å². The number of halogens is 1. The van der Waals surface area contributed by atoms with Crippen LogP contribution in [-0.4, -0.2) is 0 Å². The lowest BCUT2D eigenvalue weighted by Crippen LogP contribution is -2.09. The molecule has 158 valence electrons. The highest BCUT2D eigenvalue weighted by Crippen LogP contribution is 2.41. The molecule has 0 saturated carbocycles. The van der Waals surface area contributed by atoms with Gasteiger partial charge in [-0.3, -0.25) is 0 Å². The van der Waals surface area contributed by atoms with E-state index in [2.05, 4.69) is 142 Å². The molecule has 6 aromatic rings. The van der Waals surface area contributed by atoms with Crippen LogP contribution in [-0.2, 0) is 0 Å². The normalized spacial score (nSPS) is 11.2. The molecule has 1 heterocycles. The quantitative estimate of drug-likeness (QED) is 0.230. The number of fused-ring (bicyclic) bond motifs is 3. The highest BCUT2D eigenvalue weighted by Gasteiger charge is 2.14. The van der Waals surface area contributed by atoms with Crippen LogP contribution in [0.5, 0.6) is 0 Å². The van der Waals surface area contributed by atoms with Gasteiger partial charge >= 0.3 is 0 Å². The Hall–Kier alpha value is -3.40. The minimum atomic E-state index is 1.12. The van der Waals surface area contributed by atoms with Gasteiger partial charge in [0.25, 0.3) is 0 Å². The van der Waals surface area contributed by atoms with Gasteiger partial charge < -0.3 is 4.90 Å². The number of hydrogen-bond acceptors (Lipinski definition) is 2. The Morgan fingerprint density at radius 1 is 0.545 bits per heavy atom. The number of nitrogens with zero attached hydrogens (tertiary/aromatic N) is 1. The minimum Gasteiger partial charge on any atom is -0.311 e. The molecule has 0 aliphatic carbocycles. The summed E-state index contributed by atoms with van der Waals surface area (Å²) in [5.41, 5.74) is 5.95. The molecular formula is C30H20BrNS. The monoisotopic (exact) mass is 505 g/mol. The first-order valence-electron chi connectivity index (χ1n) is 10.9. The molecule has 0 unspecified atom stereocenters. The Bertz CT molecular complexity index is 1510. The Morgan fingerprint density at radius 3 is 1.85 bits per heavy atom. The lowest BCUT2D eigenvalue weighted by Gasteiger charge is -2.25. The molecule has 0 atom stereocenters. The van der Waals surface area contributed by atoms with Crippen LogP contribution in [0.4, 0.5) is 17.1 Å². The van der Waals surface area contributed by atoms with Crippen molar-refractivity contribution in [2.24, 2.45) is 0 Å². The first-order chi connectivity index (χ1) is 16.3. The summed E-state index contributed by atoms with van der Waals surface area (Å²) >= 11 is 5.49. The molecule has 1 aromatic heterocycles. The maximum atomic E-state index is 3.63. The van der Waals surface area contributed by atoms with Crippen molar-refractivity contribution in [3.05, 3.63) is 126 Å². The van der Waals surface area contributed by atoms with Crippen LogP contribution in [0.15, 0.2) is 126 Å². The van der Waals surface area contributed by atoms with Crippen molar-refractivity contribution in [1.29, 1.82) is 0 Å². The molecule has 5 aromatic carbocycles. The molecule has 0 saturated heterocycles. The van der Waals surface area contributed by atoms with Crippen molar-refractivity contribution in [3.8, 4) is 11.1 Å². The minimum absolute atomic E-state index is 1.12. The predicted molar refractivity (Wildman–Crippen MR) is 147 cm³/mol. The van der Waals surface area contributed by atoms with Crippen LogP contribution < -0.4 is 4.90 Å². The highest BCUT2D eigenvalue weighted by atomic mass is 79.9. The molecule has 33 heavy (non-hydrogen) atoms. The summed E-state index contributed by atoms with van der Waals surface area (Å²) in [7, 11) is 0. The van der Waals surface area contributed by atoms with Crippen molar-refractivity contribution >= 4 is 64.5 Å². The van der Waals surface area contributed by atoms with E-state index in [9.17, 15) is 0 Å². The van der Waals surface area contributed by atoms with Crippen molar-refractivity contribution in [2.45, 2.75) is 0 Å². The highest BCUT2D eigenvalue weighted by molar-refractivity contribution is 9.10. The summed E-state index contributed by atoms with van der Waals surface area (Å²) in [4.78, 5) is 2.29. The van der Waals surface area contributed by atoms with Gasteiger partial charge in [0.2, 0.25) is 0 Å². The fourth-order valence-corrected chi connectivity index (χ4v) is 5.97. The fourth-order valence-electron chi connectivity index (χ4n) is 4.39. The van der Waals surface area contributed by atoms with E-state index in [1.165, 1.54) is 31.3 Å². The molecule has 0 N–H and O–H groups in total. The van der Waals surface area contributed by atoms with Gasteiger partial charge in [-0.2, -0.15) is 0 Å². The zero-order valence-electron chi connectivity index (χ0n) is 17.8. The van der Waals surface area contributed by atoms with E-state index in [-0.39, 0.29) is 0 Å². The van der Waals surface area contributed by atoms with E-state index in [0.29, 0.717) is 0 Å². The first-order valence-corrected chi connectivity index (χ1v) is 12.5. The van der Waals surface area contributed by atoms with Crippen molar-refractivity contribution in [2.75, 3.05) is 4.90 Å². The number of hydrogen-bond donors (Lipinski definition) is 0. The van der Waals surface area contributed by atoms with Crippen LogP contribution in [0.2, 0.25) is 0 Å². The molecule has 6 rings (SSSR count). The summed E-state index contributed by atoms with van der Waals surface area (Å²) in [6.07, 6.45) is 0. The third-order valence-electron chi connectivity index (χ3n) is 5.92. The maximum absolute atomic E-state index is 3.63. The third-order valence-corrected chi connectivity index (χ3v) is 7.64. The lowest BCUT2D eigenvalue weighted by atomic mass is 10.0. The van der Waals surface area contributed by atoms with E-state index in [0.717, 1.165) is 21.5 Å². The zero-order valence-corrected chi connectivity index (χ0v) is 20.2. The summed E-state index contributed by atoms with van der Waals surface area (Å²) in [5, 5.41) is 2.62. The molecule has 0 radical (unpaired) electrons. The number of para-hydroxylation sites is 2. The molecule has 0 aliphatic rings. The second kappa shape index (κ2) is 8.51. The Morgan fingerprint density at radius 2 is 1.18 bits per heavy atom. The maximum Gasteiger partial charge on any atom is 0.0462 e. The van der Waals surface area contributed by atoms with Crippen LogP contribution in [0.25, 0.3) is 31.3 Å². The van der Waals surface area contributed by atoms with E-state index in [1.54, 1.807) is 0 Å². The largest absolute Gasteiger partial charge is 0.311 e. The van der Waals surface area contributed by atoms with Gasteiger partial charge in [0, 0.05) is 41.7 Å². The molecule has 0 bridgehead atoms. The summed E-state index contributed by atoms with van der Waals surface area (Å²) in [6.45, 7) is 0. The Kier molecular flexibility index (Phi) is 5.21. The number of anilines is 3. The average Bonchev–Trinajstić information content (AvgIpc) is 3.24. The van der Waals surface area contributed by atoms with Crippen molar-refractivity contribution in [1.82, 2.24) is 0 Å². The van der Waals surface area contributed by atoms with Crippen molar-refractivity contribution in [3.63, 3.8) is 0 Å². The second-order valence-corrected chi connectivity index (χ2v) is 9.95. The van der Waals surface area contributed by atoms with Gasteiger partial charge in [0.1, 0.15) is 0 Å². The van der Waals surface area contributed by atoms with E-state index in [1.807, 2.05) is 11.3 Å². The first kappa shape index (κ1) is 20.2. The average molecular weight is 506 g/mol. The number of benzene rings is 5. The zero-order chi connectivity index (χ0) is 22.2. The molecule has 0 spiro atoms. The molecule has 0 aliphatic heterocycles.